The van der Waals surface area contributed by atoms with Gasteiger partial charge in [-0.2, -0.15) is 0 Å². The third-order valence-corrected chi connectivity index (χ3v) is 9.05. The Morgan fingerprint density at radius 2 is 1.71 bits per heavy atom. The summed E-state index contributed by atoms with van der Waals surface area (Å²) in [5, 5.41) is 0. The van der Waals surface area contributed by atoms with Crippen LogP contribution in [0.25, 0.3) is 0 Å². The van der Waals surface area contributed by atoms with Gasteiger partial charge < -0.3 is 4.90 Å². The molecule has 4 fully saturated rings. The zero-order chi connectivity index (χ0) is 17.3. The molecule has 0 aromatic carbocycles. The van der Waals surface area contributed by atoms with E-state index < -0.39 is 0 Å². The van der Waals surface area contributed by atoms with E-state index in [1.54, 1.807) is 0 Å². The van der Waals surface area contributed by atoms with Crippen LogP contribution < -0.4 is 0 Å². The van der Waals surface area contributed by atoms with Gasteiger partial charge in [0.1, 0.15) is 5.78 Å². The van der Waals surface area contributed by atoms with E-state index in [-0.39, 0.29) is 5.41 Å². The largest absolute Gasteiger partial charge is 0.342 e. The summed E-state index contributed by atoms with van der Waals surface area (Å²) in [6, 6.07) is 0.439. The quantitative estimate of drug-likeness (QED) is 0.727. The molecule has 0 N–H and O–H groups in total. The van der Waals surface area contributed by atoms with E-state index in [4.69, 9.17) is 0 Å². The Bertz CT molecular complexity index is 572. The first-order valence-corrected chi connectivity index (χ1v) is 10.0. The van der Waals surface area contributed by atoms with Crippen LogP contribution in [-0.2, 0) is 9.59 Å². The van der Waals surface area contributed by atoms with Gasteiger partial charge in [-0.3, -0.25) is 9.59 Å². The highest BCUT2D eigenvalue weighted by Crippen LogP contribution is 2.66. The van der Waals surface area contributed by atoms with Crippen molar-refractivity contribution in [3.63, 3.8) is 0 Å². The minimum absolute atomic E-state index is 0.243. The molecule has 0 bridgehead atoms. The van der Waals surface area contributed by atoms with Gasteiger partial charge in [0.2, 0.25) is 5.91 Å². The van der Waals surface area contributed by atoms with Gasteiger partial charge >= 0.3 is 0 Å². The topological polar surface area (TPSA) is 37.4 Å². The number of piperidine rings is 1. The lowest BCUT2D eigenvalue weighted by Crippen LogP contribution is -2.61. The molecule has 0 radical (unpaired) electrons. The van der Waals surface area contributed by atoms with Crippen molar-refractivity contribution in [3.8, 4) is 0 Å². The van der Waals surface area contributed by atoms with Crippen LogP contribution in [0.2, 0.25) is 0 Å². The van der Waals surface area contributed by atoms with Crippen LogP contribution in [-0.4, -0.2) is 29.7 Å². The second-order valence-electron chi connectivity index (χ2n) is 9.77. The number of carbonyl (C=O) groups excluding carboxylic acids is 2. The average molecular weight is 332 g/mol. The van der Waals surface area contributed by atoms with Crippen LogP contribution in [0.3, 0.4) is 0 Å². The minimum Gasteiger partial charge on any atom is -0.342 e. The lowest BCUT2D eigenvalue weighted by Gasteiger charge is -2.61. The van der Waals surface area contributed by atoms with Crippen LogP contribution in [0.4, 0.5) is 0 Å². The van der Waals surface area contributed by atoms with Crippen molar-refractivity contribution in [3.05, 3.63) is 0 Å². The number of rotatable bonds is 1. The summed E-state index contributed by atoms with van der Waals surface area (Å²) in [6.45, 7) is 6.69. The van der Waals surface area contributed by atoms with E-state index in [2.05, 4.69) is 18.7 Å². The summed E-state index contributed by atoms with van der Waals surface area (Å²) in [5.74, 6) is 3.30. The van der Waals surface area contributed by atoms with Crippen LogP contribution >= 0.6 is 0 Å². The molecule has 1 aliphatic heterocycles. The summed E-state index contributed by atoms with van der Waals surface area (Å²) >= 11 is 0. The van der Waals surface area contributed by atoms with E-state index in [1.165, 1.54) is 25.7 Å². The molecule has 0 spiro atoms. The van der Waals surface area contributed by atoms with Crippen LogP contribution in [0.1, 0.15) is 72.1 Å². The van der Waals surface area contributed by atoms with Crippen molar-refractivity contribution in [2.24, 2.45) is 34.5 Å². The van der Waals surface area contributed by atoms with Gasteiger partial charge in [0.15, 0.2) is 0 Å². The number of hydrogen-bond acceptors (Lipinski definition) is 2. The molecule has 1 heterocycles. The average Bonchev–Trinajstić information content (AvgIpc) is 2.89. The molecule has 3 aliphatic carbocycles. The maximum Gasteiger partial charge on any atom is 0.222 e. The van der Waals surface area contributed by atoms with Crippen molar-refractivity contribution in [2.45, 2.75) is 78.2 Å². The van der Waals surface area contributed by atoms with Crippen molar-refractivity contribution in [2.75, 3.05) is 7.05 Å². The summed E-state index contributed by atoms with van der Waals surface area (Å²) < 4.78 is 0. The zero-order valence-electron chi connectivity index (χ0n) is 15.8. The normalized spacial score (nSPS) is 50.9. The summed E-state index contributed by atoms with van der Waals surface area (Å²) in [6.07, 6.45) is 9.05. The molecule has 7 atom stereocenters. The Hall–Kier alpha value is -0.860. The van der Waals surface area contributed by atoms with Crippen molar-refractivity contribution >= 4 is 11.7 Å². The van der Waals surface area contributed by atoms with Crippen molar-refractivity contribution < 1.29 is 9.59 Å². The first kappa shape index (κ1) is 16.6. The molecule has 24 heavy (non-hydrogen) atoms. The zero-order valence-corrected chi connectivity index (χ0v) is 15.8. The molecular formula is C21H33NO2. The predicted octanol–water partition coefficient (Wildman–Crippen LogP) is 4.06. The molecule has 1 saturated heterocycles. The lowest BCUT2D eigenvalue weighted by atomic mass is 9.46. The van der Waals surface area contributed by atoms with Crippen LogP contribution in [0, 0.1) is 34.5 Å². The summed E-state index contributed by atoms with van der Waals surface area (Å²) in [7, 11) is 2.03. The molecule has 3 saturated carbocycles. The number of nitrogens with zero attached hydrogens (tertiary/aromatic N) is 1. The van der Waals surface area contributed by atoms with Crippen molar-refractivity contribution in [1.82, 2.24) is 4.90 Å². The van der Waals surface area contributed by atoms with Gasteiger partial charge in [0.05, 0.1) is 0 Å². The fourth-order valence-corrected chi connectivity index (χ4v) is 7.82. The second kappa shape index (κ2) is 5.32. The van der Waals surface area contributed by atoms with Gasteiger partial charge in [-0.25, -0.2) is 0 Å². The Morgan fingerprint density at radius 1 is 1.00 bits per heavy atom. The minimum atomic E-state index is 0.243. The Balaban J connectivity index is 1.64. The Labute approximate surface area is 146 Å². The molecule has 134 valence electrons. The number of ketones is 1. The molecular weight excluding hydrogens is 298 g/mol. The van der Waals surface area contributed by atoms with Crippen LogP contribution in [0.15, 0.2) is 0 Å². The Kier molecular flexibility index (Phi) is 3.68. The molecule has 4 aliphatic rings. The maximum atomic E-state index is 12.2. The predicted molar refractivity (Wildman–Crippen MR) is 94.3 cm³/mol. The first-order chi connectivity index (χ1) is 11.3. The third-order valence-electron chi connectivity index (χ3n) is 9.05. The van der Waals surface area contributed by atoms with E-state index in [0.29, 0.717) is 29.1 Å². The van der Waals surface area contributed by atoms with E-state index in [9.17, 15) is 9.59 Å². The number of carbonyl (C=O) groups is 2. The SMILES string of the molecule is CC(=O)C1CCC2C3CC[C@H]4N(C)C(=O)CCC4(C)C3CCC12C. The monoisotopic (exact) mass is 331 g/mol. The summed E-state index contributed by atoms with van der Waals surface area (Å²) in [5.41, 5.74) is 0.536. The molecule has 3 nitrogen and oxygen atoms in total. The first-order valence-electron chi connectivity index (χ1n) is 10.0. The molecule has 0 aromatic heterocycles. The fourth-order valence-electron chi connectivity index (χ4n) is 7.82. The fraction of sp³-hybridized carbons (Fsp3) is 0.905. The van der Waals surface area contributed by atoms with Crippen molar-refractivity contribution in [1.29, 1.82) is 0 Å². The molecule has 4 rings (SSSR count). The molecule has 6 unspecified atom stereocenters. The third kappa shape index (κ3) is 2.02. The standard InChI is InChI=1S/C21H33NO2/c1-13(23)15-6-7-16-14-5-8-18-21(3,12-10-19(24)22(18)4)17(14)9-11-20(15,16)2/h14-18H,5-12H2,1-4H3/t14?,15?,16?,17?,18-,20?,21?/m1/s1. The smallest absolute Gasteiger partial charge is 0.222 e. The second-order valence-corrected chi connectivity index (χ2v) is 9.77. The molecule has 3 heteroatoms. The maximum absolute atomic E-state index is 12.2. The highest BCUT2D eigenvalue weighted by molar-refractivity contribution is 5.79. The van der Waals surface area contributed by atoms with E-state index in [1.807, 2.05) is 14.0 Å². The van der Waals surface area contributed by atoms with Gasteiger partial charge in [0.25, 0.3) is 0 Å². The van der Waals surface area contributed by atoms with E-state index in [0.717, 1.165) is 43.4 Å². The van der Waals surface area contributed by atoms with Crippen LogP contribution in [0.5, 0.6) is 0 Å². The van der Waals surface area contributed by atoms with Gasteiger partial charge in [-0.05, 0) is 80.5 Å². The highest BCUT2D eigenvalue weighted by atomic mass is 16.2. The van der Waals surface area contributed by atoms with E-state index >= 15 is 0 Å². The highest BCUT2D eigenvalue weighted by Gasteiger charge is 2.61. The van der Waals surface area contributed by atoms with Gasteiger partial charge in [-0.1, -0.05) is 13.8 Å². The lowest BCUT2D eigenvalue weighted by molar-refractivity contribution is -0.159. The molecule has 0 aromatic rings. The Morgan fingerprint density at radius 3 is 2.42 bits per heavy atom. The van der Waals surface area contributed by atoms with Gasteiger partial charge in [-0.15, -0.1) is 0 Å². The number of Topliss-reactive ketones (excluding diaryl/α,β-unsaturated/α-hetero) is 1. The molecule has 1 amide bonds. The number of fused-ring (bicyclic) bond motifs is 5. The number of hydrogen-bond donors (Lipinski definition) is 0. The van der Waals surface area contributed by atoms with Gasteiger partial charge in [0, 0.05) is 25.4 Å². The summed E-state index contributed by atoms with van der Waals surface area (Å²) in [4.78, 5) is 26.5. The number of amides is 1. The number of likely N-dealkylation sites (tertiary alicyclic amines) is 1.